The van der Waals surface area contributed by atoms with Crippen molar-refractivity contribution in [1.29, 1.82) is 0 Å². The maximum absolute atomic E-state index is 15.0. The van der Waals surface area contributed by atoms with Crippen molar-refractivity contribution in [2.24, 2.45) is 47.1 Å². The topological polar surface area (TPSA) is 331 Å². The monoisotopic (exact) mass is 1200 g/mol. The standard InChI is InChI=1S/C60H109N13O12/c1-23-25-26-40(61)50(75)49-54(79)65-41(24-2)56(81)67(17)31-46(74)68(18)42(27-32(3)4)53(78)66-47(36(11)12)59(84)69(19)43(28-33(5)6)52(77)63-38(15)51(76)64-39(16)55(80)70(20)44(29-34(7)8)57(82)71(21)45(30-35(9)10)58(83)72(22)48(37(13)14)60(85)73(49)62/h23,25,32-45,47-50,75H,24,26-31,61-62H2,1-22H3,(H,63,77)(H,64,76)(H,65,79)(H,66,78)/b25-23+/t38-,39+,40-,41-,42-,43-,44-,45-,47-,48-,49-,50+/m0/s1. The van der Waals surface area contributed by atoms with Gasteiger partial charge < -0.3 is 61.5 Å². The van der Waals surface area contributed by atoms with Crippen LogP contribution in [0.15, 0.2) is 12.2 Å². The Morgan fingerprint density at radius 3 is 1.38 bits per heavy atom. The minimum Gasteiger partial charge on any atom is -0.389 e. The quantitative estimate of drug-likeness (QED) is 0.0689. The number of hydrogen-bond donors (Lipinski definition) is 7. The molecule has 0 aromatic carbocycles. The fraction of sp³-hybridized carbons (Fsp3) is 0.783. The van der Waals surface area contributed by atoms with Crippen molar-refractivity contribution < 1.29 is 57.8 Å². The molecule has 25 heteroatoms. The molecule has 0 aromatic heterocycles. The zero-order valence-electron chi connectivity index (χ0n) is 55.2. The van der Waals surface area contributed by atoms with E-state index in [2.05, 4.69) is 21.3 Å². The van der Waals surface area contributed by atoms with Gasteiger partial charge in [0, 0.05) is 48.3 Å². The average Bonchev–Trinajstić information content (AvgIpc) is 3.62. The lowest BCUT2D eigenvalue weighted by atomic mass is 9.94. The molecule has 0 unspecified atom stereocenters. The Balaban J connectivity index is 4.32. The molecule has 9 N–H and O–H groups in total. The van der Waals surface area contributed by atoms with Crippen LogP contribution in [-0.4, -0.2) is 226 Å². The summed E-state index contributed by atoms with van der Waals surface area (Å²) in [5.41, 5.74) is 6.45. The van der Waals surface area contributed by atoms with E-state index in [9.17, 15) is 53.1 Å². The lowest BCUT2D eigenvalue weighted by Gasteiger charge is -2.41. The highest BCUT2D eigenvalue weighted by Gasteiger charge is 2.46. The molecule has 1 aliphatic rings. The van der Waals surface area contributed by atoms with Crippen LogP contribution >= 0.6 is 0 Å². The van der Waals surface area contributed by atoms with E-state index in [0.29, 0.717) is 5.01 Å². The van der Waals surface area contributed by atoms with E-state index in [1.54, 1.807) is 53.7 Å². The van der Waals surface area contributed by atoms with Gasteiger partial charge in [-0.3, -0.25) is 57.7 Å². The van der Waals surface area contributed by atoms with E-state index in [0.717, 1.165) is 9.80 Å². The number of aliphatic hydroxyl groups excluding tert-OH is 1. The summed E-state index contributed by atoms with van der Waals surface area (Å²) >= 11 is 0. The third-order valence-electron chi connectivity index (χ3n) is 15.6. The van der Waals surface area contributed by atoms with Crippen molar-refractivity contribution in [1.82, 2.24) is 55.7 Å². The van der Waals surface area contributed by atoms with Crippen LogP contribution in [0, 0.1) is 35.5 Å². The van der Waals surface area contributed by atoms with Gasteiger partial charge in [-0.2, -0.15) is 0 Å². The molecular formula is C60H109N13O12. The average molecular weight is 1200 g/mol. The molecule has 11 amide bonds. The fourth-order valence-electron chi connectivity index (χ4n) is 10.4. The van der Waals surface area contributed by atoms with Crippen LogP contribution < -0.4 is 32.8 Å². The van der Waals surface area contributed by atoms with Gasteiger partial charge in [0.1, 0.15) is 60.5 Å². The Kier molecular flexibility index (Phi) is 31.5. The Bertz CT molecular complexity index is 2330. The number of nitrogens with one attached hydrogen (secondary N) is 4. The zero-order chi connectivity index (χ0) is 66.0. The minimum absolute atomic E-state index is 0.0329. The van der Waals surface area contributed by atoms with Crippen molar-refractivity contribution in [3.05, 3.63) is 12.2 Å². The van der Waals surface area contributed by atoms with E-state index < -0.39 is 156 Å². The minimum atomic E-state index is -1.96. The second kappa shape index (κ2) is 34.8. The molecule has 1 aliphatic heterocycles. The van der Waals surface area contributed by atoms with Gasteiger partial charge in [0.25, 0.3) is 5.91 Å². The molecule has 0 aliphatic carbocycles. The largest absolute Gasteiger partial charge is 0.389 e. The van der Waals surface area contributed by atoms with Gasteiger partial charge in [-0.05, 0) is 94.8 Å². The number of rotatable bonds is 15. The molecule has 486 valence electrons. The van der Waals surface area contributed by atoms with Crippen LogP contribution in [0.1, 0.15) is 149 Å². The number of amides is 11. The second-order valence-corrected chi connectivity index (χ2v) is 25.6. The summed E-state index contributed by atoms with van der Waals surface area (Å²) in [6.45, 7) is 27.1. The molecule has 1 saturated heterocycles. The molecule has 0 bridgehead atoms. The Labute approximate surface area is 506 Å². The summed E-state index contributed by atoms with van der Waals surface area (Å²) in [6, 6.07) is -14.3. The summed E-state index contributed by atoms with van der Waals surface area (Å²) < 4.78 is 0. The van der Waals surface area contributed by atoms with Crippen molar-refractivity contribution in [3.8, 4) is 0 Å². The smallest absolute Gasteiger partial charge is 0.260 e. The van der Waals surface area contributed by atoms with E-state index in [1.807, 2.05) is 55.4 Å². The molecule has 1 heterocycles. The van der Waals surface area contributed by atoms with Crippen LogP contribution in [0.25, 0.3) is 0 Å². The summed E-state index contributed by atoms with van der Waals surface area (Å²) in [4.78, 5) is 167. The number of likely N-dealkylation sites (N-methyl/N-ethyl adjacent to an activating group) is 6. The number of allylic oxidation sites excluding steroid dienone is 1. The molecular weight excluding hydrogens is 1090 g/mol. The number of nitrogens with two attached hydrogens (primary N) is 2. The first-order valence-electron chi connectivity index (χ1n) is 30.1. The van der Waals surface area contributed by atoms with E-state index in [4.69, 9.17) is 11.6 Å². The second-order valence-electron chi connectivity index (χ2n) is 25.6. The Hall–Kier alpha value is -6.21. The highest BCUT2D eigenvalue weighted by molar-refractivity contribution is 5.99. The van der Waals surface area contributed by atoms with Crippen molar-refractivity contribution in [2.75, 3.05) is 48.8 Å². The third-order valence-corrected chi connectivity index (χ3v) is 15.6. The number of carbonyl (C=O) groups is 11. The summed E-state index contributed by atoms with van der Waals surface area (Å²) in [7, 11) is 8.35. The molecule has 0 saturated carbocycles. The van der Waals surface area contributed by atoms with E-state index in [1.165, 1.54) is 75.7 Å². The van der Waals surface area contributed by atoms with Gasteiger partial charge in [0.2, 0.25) is 59.1 Å². The predicted molar refractivity (Wildman–Crippen MR) is 326 cm³/mol. The van der Waals surface area contributed by atoms with Gasteiger partial charge in [-0.1, -0.05) is 102 Å². The van der Waals surface area contributed by atoms with Crippen LogP contribution in [0.3, 0.4) is 0 Å². The molecule has 25 nitrogen and oxygen atoms in total. The van der Waals surface area contributed by atoms with Crippen LogP contribution in [0.5, 0.6) is 0 Å². The van der Waals surface area contributed by atoms with Crippen molar-refractivity contribution >= 4 is 65.0 Å². The van der Waals surface area contributed by atoms with Crippen LogP contribution in [-0.2, 0) is 52.7 Å². The highest BCUT2D eigenvalue weighted by Crippen LogP contribution is 2.24. The summed E-state index contributed by atoms with van der Waals surface area (Å²) in [5, 5.41) is 23.2. The van der Waals surface area contributed by atoms with Crippen LogP contribution in [0.2, 0.25) is 0 Å². The molecule has 0 radical (unpaired) electrons. The molecule has 0 aromatic rings. The molecule has 0 spiro atoms. The maximum Gasteiger partial charge on any atom is 0.260 e. The normalized spacial score (nSPS) is 26.9. The predicted octanol–water partition coefficient (Wildman–Crippen LogP) is 1.20. The Morgan fingerprint density at radius 1 is 0.506 bits per heavy atom. The maximum atomic E-state index is 15.0. The lowest BCUT2D eigenvalue weighted by Crippen LogP contribution is -2.67. The third kappa shape index (κ3) is 21.6. The summed E-state index contributed by atoms with van der Waals surface area (Å²) in [5.74, 6) is -3.46. The first-order chi connectivity index (χ1) is 39.2. The summed E-state index contributed by atoms with van der Waals surface area (Å²) in [6.07, 6.45) is 1.96. The number of nitrogens with zero attached hydrogens (tertiary/aromatic N) is 7. The molecule has 85 heavy (non-hydrogen) atoms. The van der Waals surface area contributed by atoms with Crippen molar-refractivity contribution in [2.45, 2.75) is 222 Å². The van der Waals surface area contributed by atoms with Gasteiger partial charge in [-0.15, -0.1) is 0 Å². The van der Waals surface area contributed by atoms with Crippen LogP contribution in [0.4, 0.5) is 0 Å². The number of aliphatic hydroxyl groups is 1. The number of hydrogen-bond acceptors (Lipinski definition) is 14. The first kappa shape index (κ1) is 76.8. The molecule has 12 atom stereocenters. The van der Waals surface area contributed by atoms with E-state index in [-0.39, 0.29) is 62.2 Å². The SMILES string of the molecule is C/C=C/C[C@H](N)[C@@H](O)[C@H]1C(=O)N[C@@H](CC)C(=O)N(C)CC(=O)N(C)[C@@H](CC(C)C)C(=O)N[C@@H](C(C)C)C(=O)N(C)[C@@H](CC(C)C)C(=O)N[C@@H](C)C(=O)N[C@H](C)C(=O)N(C)[C@@H](CC(C)C)C(=O)N(C)[C@@H](CC(C)C)C(=O)N(C)[C@@H](C(C)C)C(=O)N1N. The first-order valence-corrected chi connectivity index (χ1v) is 30.1. The molecule has 1 rings (SSSR count). The lowest BCUT2D eigenvalue weighted by molar-refractivity contribution is -0.158. The Morgan fingerprint density at radius 2 is 0.929 bits per heavy atom. The highest BCUT2D eigenvalue weighted by atomic mass is 16.3. The number of carbonyl (C=O) groups excluding carboxylic acids is 11. The van der Waals surface area contributed by atoms with Gasteiger partial charge in [-0.25, -0.2) is 5.84 Å². The van der Waals surface area contributed by atoms with Crippen molar-refractivity contribution in [3.63, 3.8) is 0 Å². The number of hydrazine groups is 1. The van der Waals surface area contributed by atoms with Gasteiger partial charge in [0.15, 0.2) is 6.04 Å². The van der Waals surface area contributed by atoms with E-state index >= 15 is 4.79 Å². The molecule has 1 fully saturated rings. The fourth-order valence-corrected chi connectivity index (χ4v) is 10.4. The zero-order valence-corrected chi connectivity index (χ0v) is 55.2. The van der Waals surface area contributed by atoms with Gasteiger partial charge in [0.05, 0.1) is 6.54 Å². The van der Waals surface area contributed by atoms with Gasteiger partial charge >= 0.3 is 0 Å².